The van der Waals surface area contributed by atoms with Crippen molar-refractivity contribution in [3.63, 3.8) is 0 Å². The fraction of sp³-hybridized carbons (Fsp3) is 0.435. The third-order valence-corrected chi connectivity index (χ3v) is 4.96. The molecule has 2 aromatic rings. The molecule has 1 N–H and O–H groups in total. The molecule has 0 atom stereocenters. The number of carbonyl (C=O) groups is 1. The molecular formula is C23H31N3O3. The summed E-state index contributed by atoms with van der Waals surface area (Å²) >= 11 is 0. The summed E-state index contributed by atoms with van der Waals surface area (Å²) in [5.41, 5.74) is 2.32. The summed E-state index contributed by atoms with van der Waals surface area (Å²) in [6.07, 6.45) is 0.958. The number of urea groups is 1. The van der Waals surface area contributed by atoms with Crippen LogP contribution in [0.4, 0.5) is 10.5 Å². The number of hydrogen-bond donors (Lipinski definition) is 1. The van der Waals surface area contributed by atoms with E-state index in [4.69, 9.17) is 9.47 Å². The topological polar surface area (TPSA) is 54.0 Å². The third kappa shape index (κ3) is 6.04. The molecule has 2 amide bonds. The van der Waals surface area contributed by atoms with E-state index in [9.17, 15) is 4.79 Å². The second-order valence-electron chi connectivity index (χ2n) is 7.47. The lowest BCUT2D eigenvalue weighted by Crippen LogP contribution is -2.52. The van der Waals surface area contributed by atoms with Crippen molar-refractivity contribution in [2.45, 2.75) is 26.4 Å². The van der Waals surface area contributed by atoms with E-state index in [1.54, 1.807) is 7.11 Å². The highest BCUT2D eigenvalue weighted by atomic mass is 16.5. The summed E-state index contributed by atoms with van der Waals surface area (Å²) in [6, 6.07) is 16.1. The van der Waals surface area contributed by atoms with E-state index in [1.165, 1.54) is 5.69 Å². The molecule has 1 aliphatic rings. The van der Waals surface area contributed by atoms with Crippen molar-refractivity contribution < 1.29 is 14.3 Å². The Morgan fingerprint density at radius 1 is 1.03 bits per heavy atom. The normalized spacial score (nSPS) is 14.1. The Labute approximate surface area is 173 Å². The Hall–Kier alpha value is -2.89. The number of benzene rings is 2. The standard InChI is InChI=1S/C23H31N3O3/c1-18(2)29-21-9-7-20(8-10-21)25-13-15-26(16-14-25)23(27)24-12-11-19-5-4-6-22(17-19)28-3/h4-10,17-18H,11-16H2,1-3H3,(H,24,27). The average molecular weight is 398 g/mol. The van der Waals surface area contributed by atoms with Gasteiger partial charge in [0.1, 0.15) is 11.5 Å². The fourth-order valence-electron chi connectivity index (χ4n) is 3.43. The van der Waals surface area contributed by atoms with Crippen LogP contribution in [-0.2, 0) is 6.42 Å². The maximum atomic E-state index is 12.5. The van der Waals surface area contributed by atoms with Gasteiger partial charge >= 0.3 is 6.03 Å². The molecule has 1 saturated heterocycles. The molecule has 6 heteroatoms. The first-order chi connectivity index (χ1) is 14.0. The lowest BCUT2D eigenvalue weighted by atomic mass is 10.1. The van der Waals surface area contributed by atoms with E-state index < -0.39 is 0 Å². The van der Waals surface area contributed by atoms with Crippen LogP contribution < -0.4 is 19.7 Å². The number of carbonyl (C=O) groups excluding carboxylic acids is 1. The Balaban J connectivity index is 1.42. The smallest absolute Gasteiger partial charge is 0.317 e. The first-order valence-corrected chi connectivity index (χ1v) is 10.2. The van der Waals surface area contributed by atoms with Gasteiger partial charge in [-0.25, -0.2) is 4.79 Å². The predicted molar refractivity (Wildman–Crippen MR) is 116 cm³/mol. The quantitative estimate of drug-likeness (QED) is 0.776. The number of hydrogen-bond acceptors (Lipinski definition) is 4. The van der Waals surface area contributed by atoms with Crippen molar-refractivity contribution in [2.24, 2.45) is 0 Å². The van der Waals surface area contributed by atoms with Crippen molar-refractivity contribution >= 4 is 11.7 Å². The zero-order valence-corrected chi connectivity index (χ0v) is 17.6. The van der Waals surface area contributed by atoms with E-state index >= 15 is 0 Å². The largest absolute Gasteiger partial charge is 0.497 e. The first-order valence-electron chi connectivity index (χ1n) is 10.2. The summed E-state index contributed by atoms with van der Waals surface area (Å²) in [7, 11) is 1.66. The Bertz CT molecular complexity index is 784. The van der Waals surface area contributed by atoms with E-state index in [0.717, 1.165) is 49.7 Å². The van der Waals surface area contributed by atoms with Crippen molar-refractivity contribution in [2.75, 3.05) is 44.7 Å². The molecule has 0 radical (unpaired) electrons. The fourth-order valence-corrected chi connectivity index (χ4v) is 3.43. The van der Waals surface area contributed by atoms with E-state index in [0.29, 0.717) is 6.54 Å². The van der Waals surface area contributed by atoms with Crippen LogP contribution >= 0.6 is 0 Å². The molecule has 1 heterocycles. The zero-order valence-electron chi connectivity index (χ0n) is 17.6. The summed E-state index contributed by atoms with van der Waals surface area (Å²) in [6.45, 7) is 7.75. The number of nitrogens with zero attached hydrogens (tertiary/aromatic N) is 2. The Morgan fingerprint density at radius 2 is 1.76 bits per heavy atom. The molecule has 0 aliphatic carbocycles. The number of anilines is 1. The van der Waals surface area contributed by atoms with Gasteiger partial charge in [-0.3, -0.25) is 0 Å². The number of piperazine rings is 1. The maximum Gasteiger partial charge on any atom is 0.317 e. The summed E-state index contributed by atoms with van der Waals surface area (Å²) in [5, 5.41) is 3.03. The van der Waals surface area contributed by atoms with E-state index in [-0.39, 0.29) is 12.1 Å². The van der Waals surface area contributed by atoms with Gasteiger partial charge in [-0.15, -0.1) is 0 Å². The zero-order chi connectivity index (χ0) is 20.6. The molecule has 0 spiro atoms. The van der Waals surface area contributed by atoms with Crippen LogP contribution in [0.2, 0.25) is 0 Å². The minimum Gasteiger partial charge on any atom is -0.497 e. The molecule has 29 heavy (non-hydrogen) atoms. The molecule has 156 valence electrons. The van der Waals surface area contributed by atoms with E-state index in [2.05, 4.69) is 22.3 Å². The Morgan fingerprint density at radius 3 is 2.41 bits per heavy atom. The molecule has 3 rings (SSSR count). The van der Waals surface area contributed by atoms with Crippen LogP contribution in [0.1, 0.15) is 19.4 Å². The van der Waals surface area contributed by atoms with Gasteiger partial charge in [0.15, 0.2) is 0 Å². The molecule has 6 nitrogen and oxygen atoms in total. The van der Waals surface area contributed by atoms with Crippen molar-refractivity contribution in [1.29, 1.82) is 0 Å². The molecule has 0 aromatic heterocycles. The summed E-state index contributed by atoms with van der Waals surface area (Å²) in [4.78, 5) is 16.6. The van der Waals surface area contributed by atoms with Crippen LogP contribution in [0.5, 0.6) is 11.5 Å². The minimum absolute atomic E-state index is 0.00762. The second kappa shape index (κ2) is 10.0. The van der Waals surface area contributed by atoms with Crippen molar-refractivity contribution in [3.8, 4) is 11.5 Å². The lowest BCUT2D eigenvalue weighted by molar-refractivity contribution is 0.194. The molecule has 0 saturated carbocycles. The molecule has 0 bridgehead atoms. The van der Waals surface area contributed by atoms with Gasteiger partial charge in [0.05, 0.1) is 13.2 Å². The van der Waals surface area contributed by atoms with E-state index in [1.807, 2.05) is 55.1 Å². The number of amides is 2. The van der Waals surface area contributed by atoms with Crippen LogP contribution in [-0.4, -0.2) is 56.9 Å². The molecule has 2 aromatic carbocycles. The monoisotopic (exact) mass is 397 g/mol. The summed E-state index contributed by atoms with van der Waals surface area (Å²) < 4.78 is 10.9. The highest BCUT2D eigenvalue weighted by Gasteiger charge is 2.21. The molecule has 0 unspecified atom stereocenters. The minimum atomic E-state index is 0.00762. The predicted octanol–water partition coefficient (Wildman–Crippen LogP) is 3.56. The van der Waals surface area contributed by atoms with Crippen molar-refractivity contribution in [3.05, 3.63) is 54.1 Å². The molecule has 1 aliphatic heterocycles. The number of methoxy groups -OCH3 is 1. The maximum absolute atomic E-state index is 12.5. The number of ether oxygens (including phenoxy) is 2. The van der Waals surface area contributed by atoms with Gasteiger partial charge in [0, 0.05) is 38.4 Å². The lowest BCUT2D eigenvalue weighted by Gasteiger charge is -2.36. The van der Waals surface area contributed by atoms with Crippen LogP contribution in [0.15, 0.2) is 48.5 Å². The van der Waals surface area contributed by atoms with Gasteiger partial charge in [-0.1, -0.05) is 12.1 Å². The third-order valence-electron chi connectivity index (χ3n) is 4.96. The van der Waals surface area contributed by atoms with Gasteiger partial charge in [0.25, 0.3) is 0 Å². The number of rotatable bonds is 7. The average Bonchev–Trinajstić information content (AvgIpc) is 2.74. The highest BCUT2D eigenvalue weighted by Crippen LogP contribution is 2.21. The van der Waals surface area contributed by atoms with Crippen LogP contribution in [0, 0.1) is 0 Å². The first kappa shape index (κ1) is 20.8. The number of nitrogens with one attached hydrogen (secondary N) is 1. The van der Waals surface area contributed by atoms with Gasteiger partial charge < -0.3 is 24.6 Å². The Kier molecular flexibility index (Phi) is 7.22. The second-order valence-corrected chi connectivity index (χ2v) is 7.47. The van der Waals surface area contributed by atoms with Crippen LogP contribution in [0.3, 0.4) is 0 Å². The molecular weight excluding hydrogens is 366 g/mol. The molecule has 1 fully saturated rings. The van der Waals surface area contributed by atoms with Gasteiger partial charge in [-0.05, 0) is 62.2 Å². The van der Waals surface area contributed by atoms with Crippen LogP contribution in [0.25, 0.3) is 0 Å². The van der Waals surface area contributed by atoms with Gasteiger partial charge in [-0.2, -0.15) is 0 Å². The highest BCUT2D eigenvalue weighted by molar-refractivity contribution is 5.74. The van der Waals surface area contributed by atoms with Crippen molar-refractivity contribution in [1.82, 2.24) is 10.2 Å². The van der Waals surface area contributed by atoms with Gasteiger partial charge in [0.2, 0.25) is 0 Å². The summed E-state index contributed by atoms with van der Waals surface area (Å²) in [5.74, 6) is 1.73. The SMILES string of the molecule is COc1cccc(CCNC(=O)N2CCN(c3ccc(OC(C)C)cc3)CC2)c1.